The van der Waals surface area contributed by atoms with E-state index in [1.54, 1.807) is 0 Å². The molecule has 74 valence electrons. The Kier molecular flexibility index (Phi) is 14.3. The molecular formula is C6H6NaO7Zn+. The Morgan fingerprint density at radius 2 is 1.73 bits per heavy atom. The molecule has 0 saturated carbocycles. The molecule has 0 rings (SSSR count). The number of hydrogen-bond acceptors (Lipinski definition) is 6. The van der Waals surface area contributed by atoms with E-state index in [4.69, 9.17) is 5.11 Å². The molecule has 0 aromatic rings. The van der Waals surface area contributed by atoms with E-state index >= 15 is 0 Å². The molecular weight excluding hydrogens is 272 g/mol. The maximum absolute atomic E-state index is 10.1. The summed E-state index contributed by atoms with van der Waals surface area (Å²) in [5.41, 5.74) is 0. The van der Waals surface area contributed by atoms with Gasteiger partial charge in [0.2, 0.25) is 0 Å². The predicted molar refractivity (Wildman–Crippen MR) is 32.0 cm³/mol. The van der Waals surface area contributed by atoms with Crippen LogP contribution < -0.4 is 39.8 Å². The summed E-state index contributed by atoms with van der Waals surface area (Å²) in [6.45, 7) is -0.897. The Bertz CT molecular complexity index is 232. The molecule has 0 spiro atoms. The van der Waals surface area contributed by atoms with Crippen LogP contribution in [0.25, 0.3) is 0 Å². The van der Waals surface area contributed by atoms with Crippen LogP contribution in [0.15, 0.2) is 0 Å². The SMILES string of the molecule is O=C([O-])CC(OCC(=O)O)C(=O)[O-].[Na+].[Zn+2]. The number of carboxylic acid groups (broad SMARTS) is 3. The molecule has 0 saturated heterocycles. The number of carbonyl (C=O) groups is 3. The van der Waals surface area contributed by atoms with Crippen molar-refractivity contribution in [1.29, 1.82) is 0 Å². The topological polar surface area (TPSA) is 127 Å². The Morgan fingerprint density at radius 1 is 1.27 bits per heavy atom. The van der Waals surface area contributed by atoms with Crippen LogP contribution in [0.5, 0.6) is 0 Å². The molecule has 1 unspecified atom stereocenters. The first-order valence-corrected chi connectivity index (χ1v) is 3.17. The van der Waals surface area contributed by atoms with Crippen molar-refractivity contribution < 1.29 is 83.5 Å². The quantitative estimate of drug-likeness (QED) is 0.478. The van der Waals surface area contributed by atoms with E-state index in [0.717, 1.165) is 0 Å². The van der Waals surface area contributed by atoms with E-state index in [2.05, 4.69) is 4.74 Å². The van der Waals surface area contributed by atoms with Crippen molar-refractivity contribution in [3.63, 3.8) is 0 Å². The van der Waals surface area contributed by atoms with E-state index in [1.165, 1.54) is 0 Å². The predicted octanol–water partition coefficient (Wildman–Crippen LogP) is -6.65. The van der Waals surface area contributed by atoms with Gasteiger partial charge in [0.25, 0.3) is 0 Å². The van der Waals surface area contributed by atoms with Crippen LogP contribution in [0, 0.1) is 0 Å². The van der Waals surface area contributed by atoms with Crippen molar-refractivity contribution in [2.75, 3.05) is 6.61 Å². The summed E-state index contributed by atoms with van der Waals surface area (Å²) >= 11 is 0. The molecule has 0 fully saturated rings. The molecule has 0 aliphatic heterocycles. The van der Waals surface area contributed by atoms with Crippen molar-refractivity contribution in [3.05, 3.63) is 0 Å². The van der Waals surface area contributed by atoms with Gasteiger partial charge in [0.15, 0.2) is 0 Å². The fraction of sp³-hybridized carbons (Fsp3) is 0.500. The first kappa shape index (κ1) is 20.4. The van der Waals surface area contributed by atoms with Crippen LogP contribution in [0.2, 0.25) is 0 Å². The van der Waals surface area contributed by atoms with Crippen LogP contribution in [0.3, 0.4) is 0 Å². The van der Waals surface area contributed by atoms with E-state index in [0.29, 0.717) is 0 Å². The van der Waals surface area contributed by atoms with E-state index in [-0.39, 0.29) is 49.0 Å². The molecule has 1 atom stereocenters. The Hall–Kier alpha value is -0.00662. The van der Waals surface area contributed by atoms with E-state index < -0.39 is 37.0 Å². The third kappa shape index (κ3) is 11.9. The van der Waals surface area contributed by atoms with E-state index in [9.17, 15) is 24.6 Å². The molecule has 0 radical (unpaired) electrons. The van der Waals surface area contributed by atoms with Crippen LogP contribution in [-0.2, 0) is 38.6 Å². The Morgan fingerprint density at radius 3 is 2.00 bits per heavy atom. The van der Waals surface area contributed by atoms with E-state index in [1.807, 2.05) is 0 Å². The second kappa shape index (κ2) is 10.5. The molecule has 0 aliphatic carbocycles. The van der Waals surface area contributed by atoms with Gasteiger partial charge < -0.3 is 29.6 Å². The Balaban J connectivity index is -0.000000720. The minimum atomic E-state index is -1.79. The van der Waals surface area contributed by atoms with Crippen molar-refractivity contribution in [3.8, 4) is 0 Å². The summed E-state index contributed by atoms with van der Waals surface area (Å²) < 4.78 is 4.19. The van der Waals surface area contributed by atoms with Gasteiger partial charge in [-0.1, -0.05) is 0 Å². The van der Waals surface area contributed by atoms with Crippen molar-refractivity contribution in [2.45, 2.75) is 12.5 Å². The second-order valence-corrected chi connectivity index (χ2v) is 2.09. The average Bonchev–Trinajstić information content (AvgIpc) is 1.96. The average molecular weight is 278 g/mol. The zero-order valence-corrected chi connectivity index (χ0v) is 13.1. The molecule has 0 aliphatic rings. The van der Waals surface area contributed by atoms with Gasteiger partial charge >= 0.3 is 55.0 Å². The zero-order chi connectivity index (χ0) is 10.4. The minimum Gasteiger partial charge on any atom is -0.550 e. The van der Waals surface area contributed by atoms with Crippen LogP contribution >= 0.6 is 0 Å². The molecule has 0 heterocycles. The number of ether oxygens (including phenoxy) is 1. The largest absolute Gasteiger partial charge is 2.00 e. The molecule has 15 heavy (non-hydrogen) atoms. The van der Waals surface area contributed by atoms with Gasteiger partial charge in [-0.2, -0.15) is 0 Å². The monoisotopic (exact) mass is 277 g/mol. The van der Waals surface area contributed by atoms with Gasteiger partial charge in [-0.15, -0.1) is 0 Å². The summed E-state index contributed by atoms with van der Waals surface area (Å²) in [5.74, 6) is -4.84. The van der Waals surface area contributed by atoms with Gasteiger partial charge in [0.05, 0.1) is 5.97 Å². The summed E-state index contributed by atoms with van der Waals surface area (Å²) in [4.78, 5) is 30.0. The van der Waals surface area contributed by atoms with Crippen LogP contribution in [0.1, 0.15) is 6.42 Å². The van der Waals surface area contributed by atoms with Gasteiger partial charge in [0, 0.05) is 12.4 Å². The van der Waals surface area contributed by atoms with Gasteiger partial charge in [-0.3, -0.25) is 0 Å². The first-order chi connectivity index (χ1) is 5.93. The molecule has 1 N–H and O–H groups in total. The van der Waals surface area contributed by atoms with Gasteiger partial charge in [-0.25, -0.2) is 4.79 Å². The Labute approximate surface area is 120 Å². The van der Waals surface area contributed by atoms with Crippen LogP contribution in [0.4, 0.5) is 0 Å². The summed E-state index contributed by atoms with van der Waals surface area (Å²) in [6.07, 6.45) is -2.73. The maximum Gasteiger partial charge on any atom is 2.00 e. The molecule has 0 bridgehead atoms. The number of aliphatic carboxylic acids is 3. The standard InChI is InChI=1S/C6H8O7.Na.Zn/c7-4(8)1-3(6(11)12)13-2-5(9)10;;/h3H,1-2H2,(H,7,8)(H,9,10)(H,11,12);;/q;+1;+2/p-2. The number of carboxylic acids is 3. The molecule has 7 nitrogen and oxygen atoms in total. The van der Waals surface area contributed by atoms with Gasteiger partial charge in [0.1, 0.15) is 12.7 Å². The van der Waals surface area contributed by atoms with Crippen molar-refractivity contribution >= 4 is 17.9 Å². The van der Waals surface area contributed by atoms with Crippen LogP contribution in [-0.4, -0.2) is 35.7 Å². The first-order valence-electron chi connectivity index (χ1n) is 3.17. The number of hydrogen-bond donors (Lipinski definition) is 1. The molecule has 0 aromatic heterocycles. The zero-order valence-electron chi connectivity index (χ0n) is 8.10. The number of carbonyl (C=O) groups excluding carboxylic acids is 2. The fourth-order valence-corrected chi connectivity index (χ4v) is 0.534. The molecule has 9 heteroatoms. The van der Waals surface area contributed by atoms with Crippen molar-refractivity contribution in [1.82, 2.24) is 0 Å². The van der Waals surface area contributed by atoms with Gasteiger partial charge in [-0.05, 0) is 0 Å². The minimum absolute atomic E-state index is 0. The molecule has 0 amide bonds. The summed E-state index contributed by atoms with van der Waals surface area (Å²) in [5, 5.41) is 28.1. The second-order valence-electron chi connectivity index (χ2n) is 2.09. The third-order valence-electron chi connectivity index (χ3n) is 1.02. The number of rotatable bonds is 6. The summed E-state index contributed by atoms with van der Waals surface area (Å²) in [7, 11) is 0. The van der Waals surface area contributed by atoms with Crippen molar-refractivity contribution in [2.24, 2.45) is 0 Å². The fourth-order valence-electron chi connectivity index (χ4n) is 0.534. The maximum atomic E-state index is 10.1. The summed E-state index contributed by atoms with van der Waals surface area (Å²) in [6, 6.07) is 0. The normalized spacial score (nSPS) is 10.4. The smallest absolute Gasteiger partial charge is 0.550 e. The third-order valence-corrected chi connectivity index (χ3v) is 1.02. The molecule has 0 aromatic carbocycles.